The molecule has 0 heterocycles. The second kappa shape index (κ2) is 38.8. The fourth-order valence-corrected chi connectivity index (χ4v) is 7.25. The highest BCUT2D eigenvalue weighted by Gasteiger charge is 2.30. The van der Waals surface area contributed by atoms with Crippen LogP contribution >= 0.6 is 0 Å². The first kappa shape index (κ1) is 56.9. The molecule has 3 N–H and O–H groups in total. The number of carboxylic acids is 2. The molecular formula is C51H83FO9. The van der Waals surface area contributed by atoms with Crippen molar-refractivity contribution >= 4 is 17.9 Å². The molecule has 0 spiro atoms. The lowest BCUT2D eigenvalue weighted by atomic mass is 9.84. The Hall–Kier alpha value is -4.08. The summed E-state index contributed by atoms with van der Waals surface area (Å²) in [6, 6.07) is 0. The second-order valence-corrected chi connectivity index (χ2v) is 16.3. The molecule has 0 bridgehead atoms. The van der Waals surface area contributed by atoms with Gasteiger partial charge in [-0.3, -0.25) is 14.5 Å². The summed E-state index contributed by atoms with van der Waals surface area (Å²) in [6.45, 7) is 18.3. The largest absolute Gasteiger partial charge is 0.513 e. The molecule has 0 saturated carbocycles. The van der Waals surface area contributed by atoms with Crippen molar-refractivity contribution in [3.05, 3.63) is 85.6 Å². The van der Waals surface area contributed by atoms with Gasteiger partial charge in [-0.1, -0.05) is 160 Å². The van der Waals surface area contributed by atoms with Gasteiger partial charge in [-0.15, -0.1) is 0 Å². The molecule has 348 valence electrons. The zero-order valence-electron chi connectivity index (χ0n) is 38.2. The minimum absolute atomic E-state index is 0.0639. The summed E-state index contributed by atoms with van der Waals surface area (Å²) in [7, 11) is 0. The van der Waals surface area contributed by atoms with E-state index in [2.05, 4.69) is 50.7 Å². The molecule has 61 heavy (non-hydrogen) atoms. The van der Waals surface area contributed by atoms with Crippen molar-refractivity contribution in [3.8, 4) is 0 Å². The summed E-state index contributed by atoms with van der Waals surface area (Å²) in [6.07, 6.45) is 38.2. The number of aliphatic carboxylic acids is 2. The van der Waals surface area contributed by atoms with E-state index in [0.717, 1.165) is 127 Å². The lowest BCUT2D eigenvalue weighted by molar-refractivity contribution is -0.186. The SMILES string of the molecule is C=C(O)CC(C(=O)O)C(/C=C/C=C\C/C=C\CCCCCCCC(=C)OCC(CC)OC(=C)CCCCCC/C=C/C(CCCCCCCC)C(CC(=O)OF)C(=O)O)CC. The molecule has 10 heteroatoms. The second-order valence-electron chi connectivity index (χ2n) is 16.3. The van der Waals surface area contributed by atoms with E-state index < -0.39 is 36.2 Å². The summed E-state index contributed by atoms with van der Waals surface area (Å²) >= 11 is 0. The number of carbonyl (C=O) groups is 3. The zero-order valence-corrected chi connectivity index (χ0v) is 38.2. The van der Waals surface area contributed by atoms with Crippen molar-refractivity contribution in [2.24, 2.45) is 23.7 Å². The molecule has 0 aromatic rings. The van der Waals surface area contributed by atoms with Crippen LogP contribution in [0.15, 0.2) is 85.6 Å². The quantitative estimate of drug-likeness (QED) is 0.0237. The number of hydrogen-bond donors (Lipinski definition) is 3. The maximum atomic E-state index is 12.4. The van der Waals surface area contributed by atoms with Crippen molar-refractivity contribution in [1.82, 2.24) is 0 Å². The minimum atomic E-state index is -1.14. The van der Waals surface area contributed by atoms with Gasteiger partial charge in [-0.05, 0) is 76.0 Å². The van der Waals surface area contributed by atoms with E-state index in [0.29, 0.717) is 19.4 Å². The van der Waals surface area contributed by atoms with E-state index in [4.69, 9.17) is 9.47 Å². The van der Waals surface area contributed by atoms with Gasteiger partial charge in [-0.2, -0.15) is 0 Å². The highest BCUT2D eigenvalue weighted by molar-refractivity contribution is 5.79. The fourth-order valence-electron chi connectivity index (χ4n) is 7.25. The van der Waals surface area contributed by atoms with Crippen LogP contribution in [0.5, 0.6) is 0 Å². The Bertz CT molecular complexity index is 1330. The van der Waals surface area contributed by atoms with E-state index in [9.17, 15) is 34.2 Å². The molecule has 0 rings (SSSR count). The maximum Gasteiger partial charge on any atom is 0.349 e. The van der Waals surface area contributed by atoms with Gasteiger partial charge in [0.25, 0.3) is 0 Å². The topological polar surface area (TPSA) is 140 Å². The van der Waals surface area contributed by atoms with E-state index in [1.807, 2.05) is 43.4 Å². The molecule has 0 aliphatic rings. The van der Waals surface area contributed by atoms with E-state index in [1.165, 1.54) is 19.3 Å². The van der Waals surface area contributed by atoms with Gasteiger partial charge in [0.05, 0.1) is 35.5 Å². The number of aliphatic hydroxyl groups is 1. The third-order valence-corrected chi connectivity index (χ3v) is 11.1. The minimum Gasteiger partial charge on any atom is -0.513 e. The Balaban J connectivity index is 4.23. The number of allylic oxidation sites excluding steroid dienone is 11. The van der Waals surface area contributed by atoms with Gasteiger partial charge in [0.15, 0.2) is 0 Å². The normalized spacial score (nSPS) is 14.3. The van der Waals surface area contributed by atoms with Gasteiger partial charge in [0.2, 0.25) is 0 Å². The van der Waals surface area contributed by atoms with Crippen LogP contribution in [-0.2, 0) is 28.8 Å². The Morgan fingerprint density at radius 3 is 1.77 bits per heavy atom. The van der Waals surface area contributed by atoms with Crippen molar-refractivity contribution in [1.29, 1.82) is 0 Å². The number of rotatable bonds is 42. The Morgan fingerprint density at radius 2 is 1.18 bits per heavy atom. The Labute approximate surface area is 368 Å². The molecule has 0 aliphatic carbocycles. The third kappa shape index (κ3) is 32.3. The molecule has 0 radical (unpaired) electrons. The number of carboxylic acid groups (broad SMARTS) is 2. The predicted molar refractivity (Wildman–Crippen MR) is 246 cm³/mol. The number of halogens is 1. The van der Waals surface area contributed by atoms with Crippen LogP contribution in [-0.4, -0.2) is 45.9 Å². The highest BCUT2D eigenvalue weighted by Crippen LogP contribution is 2.27. The maximum absolute atomic E-state index is 12.4. The molecule has 0 amide bonds. The van der Waals surface area contributed by atoms with Crippen LogP contribution in [0.25, 0.3) is 0 Å². The molecular weight excluding hydrogens is 776 g/mol. The number of ether oxygens (including phenoxy) is 2. The van der Waals surface area contributed by atoms with Crippen molar-refractivity contribution < 1.29 is 48.6 Å². The summed E-state index contributed by atoms with van der Waals surface area (Å²) in [5.74, 6) is -3.87. The lowest BCUT2D eigenvalue weighted by Crippen LogP contribution is -2.25. The number of carbonyl (C=O) groups excluding carboxylic acids is 1. The lowest BCUT2D eigenvalue weighted by Gasteiger charge is -2.20. The van der Waals surface area contributed by atoms with Gasteiger partial charge in [-0.25, -0.2) is 4.79 Å². The molecule has 0 aromatic heterocycles. The number of hydrogen-bond acceptors (Lipinski definition) is 7. The first-order valence-corrected chi connectivity index (χ1v) is 23.3. The third-order valence-electron chi connectivity index (χ3n) is 11.1. The monoisotopic (exact) mass is 859 g/mol. The summed E-state index contributed by atoms with van der Waals surface area (Å²) in [5, 5.41) is 28.7. The first-order chi connectivity index (χ1) is 29.4. The summed E-state index contributed by atoms with van der Waals surface area (Å²) < 4.78 is 24.5. The molecule has 0 aliphatic heterocycles. The van der Waals surface area contributed by atoms with Crippen molar-refractivity contribution in [3.63, 3.8) is 0 Å². The molecule has 5 unspecified atom stereocenters. The predicted octanol–water partition coefficient (Wildman–Crippen LogP) is 14.6. The highest BCUT2D eigenvalue weighted by atomic mass is 19.3. The average Bonchev–Trinajstić information content (AvgIpc) is 3.23. The summed E-state index contributed by atoms with van der Waals surface area (Å²) in [5.41, 5.74) is 0. The van der Waals surface area contributed by atoms with Crippen LogP contribution in [0, 0.1) is 23.7 Å². The van der Waals surface area contributed by atoms with Crippen molar-refractivity contribution in [2.45, 2.75) is 187 Å². The van der Waals surface area contributed by atoms with Gasteiger partial charge < -0.3 is 24.8 Å². The van der Waals surface area contributed by atoms with Crippen molar-refractivity contribution in [2.75, 3.05) is 6.61 Å². The molecule has 0 fully saturated rings. The Morgan fingerprint density at radius 1 is 0.607 bits per heavy atom. The Kier molecular flexibility index (Phi) is 36.2. The van der Waals surface area contributed by atoms with E-state index >= 15 is 0 Å². The van der Waals surface area contributed by atoms with E-state index in [1.54, 1.807) is 0 Å². The molecule has 9 nitrogen and oxygen atoms in total. The van der Waals surface area contributed by atoms with Crippen LogP contribution in [0.4, 0.5) is 4.53 Å². The van der Waals surface area contributed by atoms with Crippen LogP contribution in [0.2, 0.25) is 0 Å². The van der Waals surface area contributed by atoms with Gasteiger partial charge >= 0.3 is 17.9 Å². The van der Waals surface area contributed by atoms with Gasteiger partial charge in [0.1, 0.15) is 12.7 Å². The van der Waals surface area contributed by atoms with Crippen LogP contribution < -0.4 is 0 Å². The average molecular weight is 859 g/mol. The van der Waals surface area contributed by atoms with E-state index in [-0.39, 0.29) is 30.1 Å². The molecule has 0 saturated heterocycles. The van der Waals surface area contributed by atoms with Gasteiger partial charge in [0, 0.05) is 23.8 Å². The molecule has 5 atom stereocenters. The standard InChI is InChI=1S/C51H83FO9/c1-7-10-11-12-25-31-36-45(48(51(57)58)39-49(54)61-52)37-32-27-22-21-24-29-34-43(6)60-46(9-3)40-59-42(5)33-28-23-19-17-15-13-14-16-18-20-26-30-35-44(8-2)47(50(55)56)38-41(4)53/h14,16,20,26,30,32,35,37,44-48,53H,4-13,15,17-19,21-25,27-29,31,33-34,36,38-40H2,1-3H3,(H,55,56)(H,57,58)/b16-14-,26-20-,35-30+,37-32+. The smallest absolute Gasteiger partial charge is 0.349 e. The van der Waals surface area contributed by atoms with Crippen LogP contribution in [0.1, 0.15) is 181 Å². The zero-order chi connectivity index (χ0) is 45.5. The number of unbranched alkanes of at least 4 members (excludes halogenated alkanes) is 14. The first-order valence-electron chi connectivity index (χ1n) is 23.3. The fraction of sp³-hybridized carbons (Fsp3) is 0.667. The number of aliphatic hydroxyl groups excluding tert-OH is 1. The van der Waals surface area contributed by atoms with Crippen LogP contribution in [0.3, 0.4) is 0 Å². The summed E-state index contributed by atoms with van der Waals surface area (Å²) in [4.78, 5) is 38.3. The molecule has 0 aromatic carbocycles.